The predicted molar refractivity (Wildman–Crippen MR) is 67.8 cm³/mol. The van der Waals surface area contributed by atoms with E-state index in [1.807, 2.05) is 0 Å². The van der Waals surface area contributed by atoms with E-state index in [1.54, 1.807) is 19.1 Å². The molecule has 0 bridgehead atoms. The van der Waals surface area contributed by atoms with E-state index in [9.17, 15) is 4.79 Å². The van der Waals surface area contributed by atoms with Crippen molar-refractivity contribution in [1.82, 2.24) is 0 Å². The van der Waals surface area contributed by atoms with Crippen LogP contribution in [0.3, 0.4) is 0 Å². The number of halogens is 1. The maximum absolute atomic E-state index is 11.0. The summed E-state index contributed by atoms with van der Waals surface area (Å²) in [5.74, 6) is -1.01. The third-order valence-electron chi connectivity index (χ3n) is 2.33. The zero-order chi connectivity index (χ0) is 12.8. The van der Waals surface area contributed by atoms with Crippen LogP contribution < -0.4 is 5.32 Å². The molecule has 1 aromatic carbocycles. The molecular formula is C12H16ClNO3. The molecule has 4 nitrogen and oxygen atoms in total. The van der Waals surface area contributed by atoms with Gasteiger partial charge in [-0.2, -0.15) is 0 Å². The Morgan fingerprint density at radius 1 is 1.53 bits per heavy atom. The fraction of sp³-hybridized carbons (Fsp3) is 0.417. The minimum absolute atomic E-state index is 0.162. The first-order valence-electron chi connectivity index (χ1n) is 5.45. The average Bonchev–Trinajstić information content (AvgIpc) is 2.25. The summed E-state index contributed by atoms with van der Waals surface area (Å²) in [7, 11) is 0. The zero-order valence-corrected chi connectivity index (χ0v) is 10.4. The molecule has 0 aliphatic heterocycles. The van der Waals surface area contributed by atoms with Gasteiger partial charge in [-0.05, 0) is 38.0 Å². The highest BCUT2D eigenvalue weighted by molar-refractivity contribution is 6.31. The summed E-state index contributed by atoms with van der Waals surface area (Å²) in [6.07, 6.45) is 1.13. The van der Waals surface area contributed by atoms with Crippen LogP contribution in [-0.2, 0) is 0 Å². The van der Waals surface area contributed by atoms with Crippen molar-refractivity contribution in [2.24, 2.45) is 0 Å². The van der Waals surface area contributed by atoms with Crippen molar-refractivity contribution < 1.29 is 15.0 Å². The van der Waals surface area contributed by atoms with E-state index in [0.29, 0.717) is 23.7 Å². The Labute approximate surface area is 105 Å². The zero-order valence-electron chi connectivity index (χ0n) is 9.61. The van der Waals surface area contributed by atoms with Crippen LogP contribution in [0.5, 0.6) is 0 Å². The first-order valence-corrected chi connectivity index (χ1v) is 5.83. The largest absolute Gasteiger partial charge is 0.478 e. The molecule has 5 heteroatoms. The molecule has 3 N–H and O–H groups in total. The summed E-state index contributed by atoms with van der Waals surface area (Å²) in [6.45, 7) is 2.35. The molecule has 0 aromatic heterocycles. The van der Waals surface area contributed by atoms with Gasteiger partial charge in [0, 0.05) is 17.3 Å². The maximum Gasteiger partial charge on any atom is 0.337 e. The van der Waals surface area contributed by atoms with E-state index in [2.05, 4.69) is 5.32 Å². The van der Waals surface area contributed by atoms with Gasteiger partial charge in [0.05, 0.1) is 11.7 Å². The molecule has 0 saturated carbocycles. The quantitative estimate of drug-likeness (QED) is 0.685. The molecule has 1 aromatic rings. The number of hydrogen-bond donors (Lipinski definition) is 3. The number of anilines is 1. The molecule has 0 saturated heterocycles. The second kappa shape index (κ2) is 6.47. The fourth-order valence-electron chi connectivity index (χ4n) is 1.47. The predicted octanol–water partition coefficient (Wildman–Crippen LogP) is 2.61. The molecule has 17 heavy (non-hydrogen) atoms. The molecule has 1 atom stereocenters. The summed E-state index contributed by atoms with van der Waals surface area (Å²) in [5.41, 5.74) is 0.710. The normalized spacial score (nSPS) is 12.2. The molecule has 0 radical (unpaired) electrons. The monoisotopic (exact) mass is 257 g/mol. The van der Waals surface area contributed by atoms with Crippen molar-refractivity contribution >= 4 is 23.3 Å². The molecule has 0 aliphatic carbocycles. The SMILES string of the molecule is CC(O)CCCNc1ccc(Cl)cc1C(=O)O. The van der Waals surface area contributed by atoms with Gasteiger partial charge in [-0.15, -0.1) is 0 Å². The van der Waals surface area contributed by atoms with Gasteiger partial charge in [-0.3, -0.25) is 0 Å². The van der Waals surface area contributed by atoms with E-state index in [4.69, 9.17) is 21.8 Å². The Bertz CT molecular complexity index is 393. The second-order valence-electron chi connectivity index (χ2n) is 3.91. The highest BCUT2D eigenvalue weighted by Crippen LogP contribution is 2.20. The summed E-state index contributed by atoms with van der Waals surface area (Å²) in [4.78, 5) is 11.0. The number of carboxylic acids is 1. The van der Waals surface area contributed by atoms with E-state index < -0.39 is 5.97 Å². The van der Waals surface area contributed by atoms with Gasteiger partial charge in [0.25, 0.3) is 0 Å². The number of aliphatic hydroxyl groups is 1. The van der Waals surface area contributed by atoms with Crippen LogP contribution in [0.15, 0.2) is 18.2 Å². The number of rotatable bonds is 6. The Hall–Kier alpha value is -1.26. The lowest BCUT2D eigenvalue weighted by Gasteiger charge is -2.10. The van der Waals surface area contributed by atoms with Gasteiger partial charge in [0.15, 0.2) is 0 Å². The third kappa shape index (κ3) is 4.63. The Morgan fingerprint density at radius 2 is 2.24 bits per heavy atom. The fourth-order valence-corrected chi connectivity index (χ4v) is 1.64. The van der Waals surface area contributed by atoms with Crippen LogP contribution >= 0.6 is 11.6 Å². The third-order valence-corrected chi connectivity index (χ3v) is 2.56. The lowest BCUT2D eigenvalue weighted by atomic mass is 10.1. The Kier molecular flexibility index (Phi) is 5.25. The molecule has 0 spiro atoms. The number of aliphatic hydroxyl groups excluding tert-OH is 1. The number of benzene rings is 1. The van der Waals surface area contributed by atoms with Crippen LogP contribution in [0.1, 0.15) is 30.1 Å². The van der Waals surface area contributed by atoms with Gasteiger partial charge in [-0.1, -0.05) is 11.6 Å². The minimum Gasteiger partial charge on any atom is -0.478 e. The number of hydrogen-bond acceptors (Lipinski definition) is 3. The first-order chi connectivity index (χ1) is 8.00. The van der Waals surface area contributed by atoms with Crippen molar-refractivity contribution in [3.63, 3.8) is 0 Å². The van der Waals surface area contributed by atoms with E-state index in [-0.39, 0.29) is 11.7 Å². The standard InChI is InChI=1S/C12H16ClNO3/c1-8(15)3-2-6-14-11-5-4-9(13)7-10(11)12(16)17/h4-5,7-8,14-15H,2-3,6H2,1H3,(H,16,17). The van der Waals surface area contributed by atoms with Crippen LogP contribution in [0.2, 0.25) is 5.02 Å². The van der Waals surface area contributed by atoms with Crippen molar-refractivity contribution in [2.75, 3.05) is 11.9 Å². The van der Waals surface area contributed by atoms with Crippen molar-refractivity contribution in [3.8, 4) is 0 Å². The molecule has 1 unspecified atom stereocenters. The van der Waals surface area contributed by atoms with Gasteiger partial charge in [0.2, 0.25) is 0 Å². The maximum atomic E-state index is 11.0. The number of nitrogens with one attached hydrogen (secondary N) is 1. The highest BCUT2D eigenvalue weighted by atomic mass is 35.5. The summed E-state index contributed by atoms with van der Waals surface area (Å²) < 4.78 is 0. The topological polar surface area (TPSA) is 69.6 Å². The van der Waals surface area contributed by atoms with Gasteiger partial charge in [0.1, 0.15) is 0 Å². The molecule has 1 rings (SSSR count). The molecule has 0 aliphatic rings. The molecule has 0 fully saturated rings. The smallest absolute Gasteiger partial charge is 0.337 e. The number of carboxylic acid groups (broad SMARTS) is 1. The first kappa shape index (κ1) is 13.8. The van der Waals surface area contributed by atoms with Crippen molar-refractivity contribution in [1.29, 1.82) is 0 Å². The van der Waals surface area contributed by atoms with Crippen molar-refractivity contribution in [2.45, 2.75) is 25.9 Å². The second-order valence-corrected chi connectivity index (χ2v) is 4.35. The Morgan fingerprint density at radius 3 is 2.82 bits per heavy atom. The van der Waals surface area contributed by atoms with Crippen LogP contribution in [0, 0.1) is 0 Å². The van der Waals surface area contributed by atoms with Gasteiger partial charge >= 0.3 is 5.97 Å². The number of carbonyl (C=O) groups is 1. The summed E-state index contributed by atoms with van der Waals surface area (Å²) >= 11 is 5.74. The molecule has 0 amide bonds. The molecular weight excluding hydrogens is 242 g/mol. The minimum atomic E-state index is -1.01. The van der Waals surface area contributed by atoms with Gasteiger partial charge in [-0.25, -0.2) is 4.79 Å². The van der Waals surface area contributed by atoms with E-state index in [0.717, 1.165) is 6.42 Å². The van der Waals surface area contributed by atoms with Gasteiger partial charge < -0.3 is 15.5 Å². The van der Waals surface area contributed by atoms with E-state index >= 15 is 0 Å². The highest BCUT2D eigenvalue weighted by Gasteiger charge is 2.10. The number of aromatic carboxylic acids is 1. The lowest BCUT2D eigenvalue weighted by molar-refractivity contribution is 0.0698. The van der Waals surface area contributed by atoms with Crippen molar-refractivity contribution in [3.05, 3.63) is 28.8 Å². The Balaban J connectivity index is 2.61. The van der Waals surface area contributed by atoms with Crippen LogP contribution in [0.25, 0.3) is 0 Å². The van der Waals surface area contributed by atoms with E-state index in [1.165, 1.54) is 6.07 Å². The van der Waals surface area contributed by atoms with Crippen LogP contribution in [-0.4, -0.2) is 28.8 Å². The lowest BCUT2D eigenvalue weighted by Crippen LogP contribution is -2.09. The average molecular weight is 258 g/mol. The molecule has 94 valence electrons. The summed E-state index contributed by atoms with van der Waals surface area (Å²) in [5, 5.41) is 21.5. The summed E-state index contributed by atoms with van der Waals surface area (Å²) in [6, 6.07) is 4.71. The molecule has 0 heterocycles. The van der Waals surface area contributed by atoms with Crippen LogP contribution in [0.4, 0.5) is 5.69 Å².